The number of hydrogen-bond acceptors (Lipinski definition) is 7. The molecule has 1 aliphatic heterocycles. The molecule has 0 saturated carbocycles. The Morgan fingerprint density at radius 3 is 2.87 bits per heavy atom. The van der Waals surface area contributed by atoms with E-state index in [4.69, 9.17) is 4.84 Å². The number of hydrogen-bond donors (Lipinski definition) is 3. The molecule has 5 rings (SSSR count). The van der Waals surface area contributed by atoms with Crippen molar-refractivity contribution >= 4 is 16.5 Å². The van der Waals surface area contributed by atoms with E-state index in [1.54, 1.807) is 4.68 Å². The second kappa shape index (κ2) is 7.32. The molecule has 9 nitrogen and oxygen atoms in total. The number of aromatic amines is 1. The van der Waals surface area contributed by atoms with Crippen molar-refractivity contribution in [3.63, 3.8) is 0 Å². The van der Waals surface area contributed by atoms with Crippen LogP contribution in [0.5, 0.6) is 0 Å². The highest BCUT2D eigenvalue weighted by Gasteiger charge is 2.37. The molecule has 4 aromatic rings. The Kier molecular flexibility index (Phi) is 4.49. The lowest BCUT2D eigenvalue weighted by Crippen LogP contribution is -2.23. The third-order valence-electron chi connectivity index (χ3n) is 5.14. The Balaban J connectivity index is 1.82. The molecule has 3 heterocycles. The van der Waals surface area contributed by atoms with Crippen molar-refractivity contribution in [1.82, 2.24) is 25.0 Å². The van der Waals surface area contributed by atoms with Gasteiger partial charge in [0.2, 0.25) is 0 Å². The quantitative estimate of drug-likeness (QED) is 0.472. The van der Waals surface area contributed by atoms with Gasteiger partial charge in [0.05, 0.1) is 35.8 Å². The lowest BCUT2D eigenvalue weighted by molar-refractivity contribution is 0.0841. The van der Waals surface area contributed by atoms with Gasteiger partial charge in [0, 0.05) is 5.39 Å². The fourth-order valence-corrected chi connectivity index (χ4v) is 3.87. The van der Waals surface area contributed by atoms with E-state index in [-0.39, 0.29) is 18.5 Å². The lowest BCUT2D eigenvalue weighted by atomic mass is 9.89. The first kappa shape index (κ1) is 18.4. The predicted octanol–water partition coefficient (Wildman–Crippen LogP) is 1.88. The van der Waals surface area contributed by atoms with Crippen molar-refractivity contribution in [2.45, 2.75) is 18.6 Å². The number of aliphatic hydroxyl groups excluding tert-OH is 1. The topological polar surface area (TPSA) is 118 Å². The van der Waals surface area contributed by atoms with Crippen molar-refractivity contribution in [1.29, 1.82) is 0 Å². The van der Waals surface area contributed by atoms with Crippen LogP contribution in [0.1, 0.15) is 29.1 Å². The van der Waals surface area contributed by atoms with Crippen LogP contribution in [0, 0.1) is 5.82 Å². The second-order valence-electron chi connectivity index (χ2n) is 6.91. The minimum Gasteiger partial charge on any atom is -0.394 e. The van der Waals surface area contributed by atoms with Crippen molar-refractivity contribution in [2.24, 2.45) is 0 Å². The Morgan fingerprint density at radius 2 is 2.07 bits per heavy atom. The van der Waals surface area contributed by atoms with Gasteiger partial charge in [-0.15, -0.1) is 0 Å². The number of nitrogens with one attached hydrogen (secondary N) is 2. The molecule has 0 saturated heterocycles. The summed E-state index contributed by atoms with van der Waals surface area (Å²) in [5, 5.41) is 21.0. The first-order chi connectivity index (χ1) is 14.7. The highest BCUT2D eigenvalue weighted by molar-refractivity contribution is 5.95. The Bertz CT molecular complexity index is 1270. The first-order valence-electron chi connectivity index (χ1n) is 9.34. The normalized spacial score (nSPS) is 18.2. The number of rotatable bonds is 4. The molecule has 0 fully saturated rings. The summed E-state index contributed by atoms with van der Waals surface area (Å²) in [7, 11) is 0. The minimum atomic E-state index is -0.620. The summed E-state index contributed by atoms with van der Waals surface area (Å²) < 4.78 is 15.8. The molecular weight excluding hydrogens is 391 g/mol. The van der Waals surface area contributed by atoms with Crippen LogP contribution in [-0.4, -0.2) is 36.7 Å². The van der Waals surface area contributed by atoms with Crippen molar-refractivity contribution in [3.8, 4) is 0 Å². The van der Waals surface area contributed by atoms with Crippen LogP contribution < -0.4 is 11.0 Å². The molecule has 1 aliphatic rings. The van der Waals surface area contributed by atoms with Gasteiger partial charge in [-0.3, -0.25) is 15.1 Å². The largest absolute Gasteiger partial charge is 0.394 e. The number of aliphatic hydroxyl groups is 1. The second-order valence-corrected chi connectivity index (χ2v) is 6.91. The van der Waals surface area contributed by atoms with Crippen LogP contribution in [0.2, 0.25) is 0 Å². The summed E-state index contributed by atoms with van der Waals surface area (Å²) >= 11 is 0. The standard InChI is InChI=1S/C20H17FN6O3/c21-12-8-13-15-14(9-12)26-30-18(11-4-2-1-3-5-11)16(17(15)24-25-20(13)29)19-22-10-23-27(19)6-7-28/h1-5,8-10,16,18,26,28H,6-7H2,(H,25,29). The van der Waals surface area contributed by atoms with Crippen LogP contribution in [-0.2, 0) is 11.4 Å². The molecule has 0 amide bonds. The molecule has 0 spiro atoms. The maximum atomic E-state index is 14.2. The van der Waals surface area contributed by atoms with Gasteiger partial charge in [0.15, 0.2) is 0 Å². The maximum absolute atomic E-state index is 14.2. The van der Waals surface area contributed by atoms with Gasteiger partial charge in [0.25, 0.3) is 5.56 Å². The minimum absolute atomic E-state index is 0.131. The summed E-state index contributed by atoms with van der Waals surface area (Å²) in [6.45, 7) is 0.0952. The van der Waals surface area contributed by atoms with Crippen LogP contribution in [0.25, 0.3) is 10.8 Å². The molecule has 0 aliphatic carbocycles. The lowest BCUT2D eigenvalue weighted by Gasteiger charge is -2.24. The fourth-order valence-electron chi connectivity index (χ4n) is 3.87. The van der Waals surface area contributed by atoms with E-state index in [2.05, 4.69) is 25.8 Å². The average molecular weight is 408 g/mol. The smallest absolute Gasteiger partial charge is 0.272 e. The monoisotopic (exact) mass is 408 g/mol. The van der Waals surface area contributed by atoms with Gasteiger partial charge in [-0.2, -0.15) is 10.2 Å². The summed E-state index contributed by atoms with van der Waals surface area (Å²) in [5.41, 5.74) is 3.89. The number of H-pyrrole nitrogens is 1. The van der Waals surface area contributed by atoms with E-state index in [1.165, 1.54) is 18.5 Å². The van der Waals surface area contributed by atoms with Crippen LogP contribution >= 0.6 is 0 Å². The molecule has 2 atom stereocenters. The molecular formula is C20H17FN6O3. The predicted molar refractivity (Wildman–Crippen MR) is 105 cm³/mol. The fraction of sp³-hybridized carbons (Fsp3) is 0.200. The van der Waals surface area contributed by atoms with Crippen molar-refractivity contribution in [2.75, 3.05) is 12.1 Å². The summed E-state index contributed by atoms with van der Waals surface area (Å²) in [5.74, 6) is -0.674. The number of benzene rings is 2. The first-order valence-corrected chi connectivity index (χ1v) is 9.34. The zero-order chi connectivity index (χ0) is 20.7. The van der Waals surface area contributed by atoms with E-state index in [9.17, 15) is 14.3 Å². The molecule has 2 aromatic carbocycles. The molecule has 3 N–H and O–H groups in total. The zero-order valence-electron chi connectivity index (χ0n) is 15.6. The van der Waals surface area contributed by atoms with E-state index in [1.807, 2.05) is 30.3 Å². The average Bonchev–Trinajstić information content (AvgIpc) is 3.14. The number of halogens is 1. The molecule has 0 bridgehead atoms. The van der Waals surface area contributed by atoms with Gasteiger partial charge in [-0.1, -0.05) is 30.3 Å². The highest BCUT2D eigenvalue weighted by Crippen LogP contribution is 2.44. The van der Waals surface area contributed by atoms with E-state index < -0.39 is 23.4 Å². The third-order valence-corrected chi connectivity index (χ3v) is 5.14. The molecule has 2 aromatic heterocycles. The molecule has 10 heteroatoms. The Hall–Kier alpha value is -3.63. The molecule has 0 radical (unpaired) electrons. The number of nitrogens with zero attached hydrogens (tertiary/aromatic N) is 4. The van der Waals surface area contributed by atoms with Gasteiger partial charge in [0.1, 0.15) is 24.1 Å². The van der Waals surface area contributed by atoms with Crippen LogP contribution in [0.4, 0.5) is 10.1 Å². The summed E-state index contributed by atoms with van der Waals surface area (Å²) in [6, 6.07) is 11.9. The van der Waals surface area contributed by atoms with Crippen LogP contribution in [0.3, 0.4) is 0 Å². The Morgan fingerprint density at radius 1 is 1.23 bits per heavy atom. The molecule has 30 heavy (non-hydrogen) atoms. The van der Waals surface area contributed by atoms with Gasteiger partial charge < -0.3 is 5.11 Å². The van der Waals surface area contributed by atoms with Gasteiger partial charge in [-0.05, 0) is 17.7 Å². The number of anilines is 1. The molecule has 2 unspecified atom stereocenters. The zero-order valence-corrected chi connectivity index (χ0v) is 15.6. The van der Waals surface area contributed by atoms with Crippen LogP contribution in [0.15, 0.2) is 53.6 Å². The van der Waals surface area contributed by atoms with E-state index >= 15 is 0 Å². The summed E-state index contributed by atoms with van der Waals surface area (Å²) in [6.07, 6.45) is 0.768. The molecule has 152 valence electrons. The van der Waals surface area contributed by atoms with E-state index in [0.29, 0.717) is 22.6 Å². The Labute approximate surface area is 169 Å². The number of aromatic nitrogens is 5. The SMILES string of the molecule is O=c1[nH]nc2c3c(cc(F)cc13)NOC(c1ccccc1)C2c1ncnn1CCO. The van der Waals surface area contributed by atoms with E-state index in [0.717, 1.165) is 5.56 Å². The van der Waals surface area contributed by atoms with Gasteiger partial charge >= 0.3 is 0 Å². The summed E-state index contributed by atoms with van der Waals surface area (Å²) in [4.78, 5) is 22.8. The maximum Gasteiger partial charge on any atom is 0.272 e. The highest BCUT2D eigenvalue weighted by atomic mass is 19.1. The van der Waals surface area contributed by atoms with Crippen molar-refractivity contribution in [3.05, 3.63) is 82.0 Å². The van der Waals surface area contributed by atoms with Crippen molar-refractivity contribution < 1.29 is 14.3 Å². The van der Waals surface area contributed by atoms with Gasteiger partial charge in [-0.25, -0.2) is 19.2 Å². The third kappa shape index (κ3) is 2.93.